The normalized spacial score (nSPS) is 11.2. The van der Waals surface area contributed by atoms with Crippen LogP contribution >= 0.6 is 0 Å². The Hall–Kier alpha value is -2.63. The van der Waals surface area contributed by atoms with Crippen molar-refractivity contribution >= 4 is 17.6 Å². The number of benzene rings is 1. The first kappa shape index (κ1) is 14.8. The number of ether oxygens (including phenoxy) is 1. The van der Waals surface area contributed by atoms with Crippen LogP contribution in [0.2, 0.25) is 0 Å². The Balaban J connectivity index is 2.28. The predicted octanol–water partition coefficient (Wildman–Crippen LogP) is 2.18. The summed E-state index contributed by atoms with van der Waals surface area (Å²) in [5, 5.41) is 0. The number of nitrogens with one attached hydrogen (secondary N) is 1. The SMILES string of the molecule is CC(C)(C)OC(=O)c1cccc(C(=O)c2[nH]cnc2N)c1. The molecule has 0 unspecified atom stereocenters. The summed E-state index contributed by atoms with van der Waals surface area (Å²) in [6.45, 7) is 5.35. The van der Waals surface area contributed by atoms with Crippen molar-refractivity contribution in [2.75, 3.05) is 5.73 Å². The van der Waals surface area contributed by atoms with Crippen LogP contribution in [0.4, 0.5) is 5.82 Å². The zero-order chi connectivity index (χ0) is 15.6. The molecule has 0 radical (unpaired) electrons. The highest BCUT2D eigenvalue weighted by atomic mass is 16.6. The molecule has 1 heterocycles. The summed E-state index contributed by atoms with van der Waals surface area (Å²) in [5.41, 5.74) is 5.87. The smallest absolute Gasteiger partial charge is 0.338 e. The van der Waals surface area contributed by atoms with Gasteiger partial charge in [0.25, 0.3) is 0 Å². The summed E-state index contributed by atoms with van der Waals surface area (Å²) in [6, 6.07) is 6.31. The molecule has 0 amide bonds. The lowest BCUT2D eigenvalue weighted by atomic mass is 10.0. The molecule has 1 aromatic carbocycles. The highest BCUT2D eigenvalue weighted by molar-refractivity contribution is 6.11. The van der Waals surface area contributed by atoms with Gasteiger partial charge in [-0.1, -0.05) is 12.1 Å². The molecule has 2 aromatic rings. The minimum absolute atomic E-state index is 0.127. The fourth-order valence-electron chi connectivity index (χ4n) is 1.76. The molecule has 3 N–H and O–H groups in total. The summed E-state index contributed by atoms with van der Waals surface area (Å²) in [7, 11) is 0. The zero-order valence-electron chi connectivity index (χ0n) is 12.1. The van der Waals surface area contributed by atoms with E-state index < -0.39 is 11.6 Å². The van der Waals surface area contributed by atoms with Gasteiger partial charge in [-0.25, -0.2) is 9.78 Å². The third-order valence-electron chi connectivity index (χ3n) is 2.66. The van der Waals surface area contributed by atoms with E-state index in [0.29, 0.717) is 11.1 Å². The lowest BCUT2D eigenvalue weighted by molar-refractivity contribution is 0.00695. The van der Waals surface area contributed by atoms with E-state index in [4.69, 9.17) is 10.5 Å². The second-order valence-electron chi connectivity index (χ2n) is 5.57. The summed E-state index contributed by atoms with van der Waals surface area (Å²) in [4.78, 5) is 30.8. The van der Waals surface area contributed by atoms with Crippen molar-refractivity contribution in [3.05, 3.63) is 47.4 Å². The van der Waals surface area contributed by atoms with Crippen LogP contribution in [0, 0.1) is 0 Å². The minimum Gasteiger partial charge on any atom is -0.456 e. The largest absolute Gasteiger partial charge is 0.456 e. The third kappa shape index (κ3) is 3.47. The Kier molecular flexibility index (Phi) is 3.80. The molecule has 0 atom stereocenters. The first-order valence-electron chi connectivity index (χ1n) is 6.45. The Morgan fingerprint density at radius 1 is 1.24 bits per heavy atom. The van der Waals surface area contributed by atoms with E-state index >= 15 is 0 Å². The molecule has 0 aliphatic rings. The van der Waals surface area contributed by atoms with Crippen LogP contribution in [0.15, 0.2) is 30.6 Å². The van der Waals surface area contributed by atoms with Crippen LogP contribution in [0.5, 0.6) is 0 Å². The molecule has 110 valence electrons. The molecule has 0 aliphatic heterocycles. The molecule has 2 rings (SSSR count). The fraction of sp³-hybridized carbons (Fsp3) is 0.267. The molecule has 0 bridgehead atoms. The van der Waals surface area contributed by atoms with E-state index in [1.165, 1.54) is 12.4 Å². The number of nitrogens with two attached hydrogens (primary N) is 1. The molecule has 0 fully saturated rings. The van der Waals surface area contributed by atoms with Gasteiger partial charge in [-0.05, 0) is 32.9 Å². The number of hydrogen-bond acceptors (Lipinski definition) is 5. The van der Waals surface area contributed by atoms with Gasteiger partial charge in [-0.15, -0.1) is 0 Å². The zero-order valence-corrected chi connectivity index (χ0v) is 12.1. The van der Waals surface area contributed by atoms with Crippen molar-refractivity contribution < 1.29 is 14.3 Å². The van der Waals surface area contributed by atoms with Crippen molar-refractivity contribution in [2.24, 2.45) is 0 Å². The van der Waals surface area contributed by atoms with E-state index in [9.17, 15) is 9.59 Å². The van der Waals surface area contributed by atoms with Gasteiger partial charge in [0.1, 0.15) is 11.3 Å². The molecule has 21 heavy (non-hydrogen) atoms. The summed E-state index contributed by atoms with van der Waals surface area (Å²) >= 11 is 0. The van der Waals surface area contributed by atoms with E-state index in [-0.39, 0.29) is 17.3 Å². The van der Waals surface area contributed by atoms with Gasteiger partial charge in [-0.2, -0.15) is 0 Å². The van der Waals surface area contributed by atoms with Crippen LogP contribution in [-0.2, 0) is 4.74 Å². The molecule has 6 heteroatoms. The summed E-state index contributed by atoms with van der Waals surface area (Å²) < 4.78 is 5.28. The number of imidazole rings is 1. The maximum absolute atomic E-state index is 12.3. The second kappa shape index (κ2) is 5.40. The molecule has 1 aromatic heterocycles. The number of nitrogens with zero attached hydrogens (tertiary/aromatic N) is 1. The Labute approximate surface area is 122 Å². The number of carbonyl (C=O) groups excluding carboxylic acids is 2. The number of rotatable bonds is 3. The fourth-order valence-corrected chi connectivity index (χ4v) is 1.76. The number of carbonyl (C=O) groups is 2. The maximum Gasteiger partial charge on any atom is 0.338 e. The van der Waals surface area contributed by atoms with Crippen LogP contribution in [0.25, 0.3) is 0 Å². The van der Waals surface area contributed by atoms with Gasteiger partial charge in [0, 0.05) is 5.56 Å². The molecule has 0 saturated carbocycles. The summed E-state index contributed by atoms with van der Waals surface area (Å²) in [6.07, 6.45) is 1.35. The molecule has 0 aliphatic carbocycles. The molecule has 6 nitrogen and oxygen atoms in total. The topological polar surface area (TPSA) is 98.1 Å². The van der Waals surface area contributed by atoms with Crippen LogP contribution < -0.4 is 5.73 Å². The Morgan fingerprint density at radius 3 is 2.48 bits per heavy atom. The first-order valence-corrected chi connectivity index (χ1v) is 6.45. The number of H-pyrrole nitrogens is 1. The minimum atomic E-state index is -0.592. The van der Waals surface area contributed by atoms with Crippen molar-refractivity contribution in [3.63, 3.8) is 0 Å². The third-order valence-corrected chi connectivity index (χ3v) is 2.66. The number of hydrogen-bond donors (Lipinski definition) is 2. The number of esters is 1. The van der Waals surface area contributed by atoms with Crippen molar-refractivity contribution in [2.45, 2.75) is 26.4 Å². The highest BCUT2D eigenvalue weighted by Crippen LogP contribution is 2.16. The number of ketones is 1. The number of aromatic nitrogens is 2. The van der Waals surface area contributed by atoms with E-state index in [2.05, 4.69) is 9.97 Å². The van der Waals surface area contributed by atoms with Gasteiger partial charge >= 0.3 is 5.97 Å². The van der Waals surface area contributed by atoms with Crippen LogP contribution in [0.3, 0.4) is 0 Å². The maximum atomic E-state index is 12.3. The highest BCUT2D eigenvalue weighted by Gasteiger charge is 2.20. The van der Waals surface area contributed by atoms with Gasteiger partial charge in [0.15, 0.2) is 5.82 Å². The number of aromatic amines is 1. The first-order chi connectivity index (χ1) is 9.78. The van der Waals surface area contributed by atoms with Gasteiger partial charge in [0.05, 0.1) is 11.9 Å². The van der Waals surface area contributed by atoms with E-state index in [1.54, 1.807) is 39.0 Å². The van der Waals surface area contributed by atoms with Gasteiger partial charge < -0.3 is 15.5 Å². The van der Waals surface area contributed by atoms with E-state index in [1.807, 2.05) is 0 Å². The average Bonchev–Trinajstić information content (AvgIpc) is 2.82. The monoisotopic (exact) mass is 287 g/mol. The van der Waals surface area contributed by atoms with Crippen molar-refractivity contribution in [1.29, 1.82) is 0 Å². The quantitative estimate of drug-likeness (QED) is 0.666. The molecule has 0 saturated heterocycles. The van der Waals surface area contributed by atoms with Crippen LogP contribution in [-0.4, -0.2) is 27.3 Å². The number of nitrogen functional groups attached to an aromatic ring is 1. The molecular weight excluding hydrogens is 270 g/mol. The van der Waals surface area contributed by atoms with Crippen molar-refractivity contribution in [3.8, 4) is 0 Å². The summed E-state index contributed by atoms with van der Waals surface area (Å²) in [5.74, 6) is -0.673. The van der Waals surface area contributed by atoms with Crippen LogP contribution in [0.1, 0.15) is 47.2 Å². The lowest BCUT2D eigenvalue weighted by Crippen LogP contribution is -2.24. The second-order valence-corrected chi connectivity index (χ2v) is 5.57. The molecular formula is C15H17N3O3. The Morgan fingerprint density at radius 2 is 1.90 bits per heavy atom. The average molecular weight is 287 g/mol. The predicted molar refractivity (Wildman–Crippen MR) is 78.0 cm³/mol. The number of anilines is 1. The van der Waals surface area contributed by atoms with Crippen molar-refractivity contribution in [1.82, 2.24) is 9.97 Å². The van der Waals surface area contributed by atoms with Gasteiger partial charge in [0.2, 0.25) is 5.78 Å². The standard InChI is InChI=1S/C15H17N3O3/c1-15(2,3)21-14(20)10-6-4-5-9(7-10)12(19)11-13(16)18-8-17-11/h4-8H,16H2,1-3H3,(H,17,18). The lowest BCUT2D eigenvalue weighted by Gasteiger charge is -2.19. The van der Waals surface area contributed by atoms with E-state index in [0.717, 1.165) is 0 Å². The van der Waals surface area contributed by atoms with Gasteiger partial charge in [-0.3, -0.25) is 4.79 Å². The molecule has 0 spiro atoms. The Bertz CT molecular complexity index is 683.